The van der Waals surface area contributed by atoms with Crippen LogP contribution in [0.4, 0.5) is 5.69 Å². The monoisotopic (exact) mass is 572 g/mol. The number of hydrogen-bond acceptors (Lipinski definition) is 5. The summed E-state index contributed by atoms with van der Waals surface area (Å²) in [6.07, 6.45) is 1.58. The first kappa shape index (κ1) is 29.6. The molecule has 0 saturated heterocycles. The molecule has 0 aliphatic carbocycles. The number of aromatic nitrogens is 1. The zero-order chi connectivity index (χ0) is 29.7. The van der Waals surface area contributed by atoms with Crippen molar-refractivity contribution in [1.29, 1.82) is 0 Å². The van der Waals surface area contributed by atoms with Gasteiger partial charge in [-0.15, -0.1) is 0 Å². The Labute approximate surface area is 242 Å². The Morgan fingerprint density at radius 1 is 0.902 bits per heavy atom. The standard InChI is InChI=1S/C32H36N4O4S/c1-7-40-30-12-10-28(11-13-30)35(41(38,39)31-14-8-22(2)9-15-31)21-32(37)34-33-20-27-19-25(5)36(26(27)6)29-17-23(3)16-24(4)18-29/h8-20H,7,21H2,1-6H3,(H,34,37)/b33-20+. The van der Waals surface area contributed by atoms with Crippen molar-refractivity contribution in [3.63, 3.8) is 0 Å². The average molecular weight is 573 g/mol. The molecular weight excluding hydrogens is 536 g/mol. The highest BCUT2D eigenvalue weighted by Gasteiger charge is 2.27. The summed E-state index contributed by atoms with van der Waals surface area (Å²) < 4.78 is 36.0. The number of ether oxygens (including phenoxy) is 1. The highest BCUT2D eigenvalue weighted by atomic mass is 32.2. The Morgan fingerprint density at radius 2 is 1.54 bits per heavy atom. The zero-order valence-electron chi connectivity index (χ0n) is 24.3. The lowest BCUT2D eigenvalue weighted by Crippen LogP contribution is -2.39. The van der Waals surface area contributed by atoms with Gasteiger partial charge in [0.15, 0.2) is 0 Å². The molecule has 1 amide bonds. The van der Waals surface area contributed by atoms with Crippen LogP contribution in [0.3, 0.4) is 0 Å². The molecule has 9 heteroatoms. The van der Waals surface area contributed by atoms with Crippen molar-refractivity contribution >= 4 is 27.8 Å². The maximum absolute atomic E-state index is 13.6. The van der Waals surface area contributed by atoms with Crippen LogP contribution in [0.2, 0.25) is 0 Å². The Morgan fingerprint density at radius 3 is 2.15 bits per heavy atom. The number of hydrogen-bond donors (Lipinski definition) is 1. The van der Waals surface area contributed by atoms with Crippen LogP contribution < -0.4 is 14.5 Å². The molecule has 1 heterocycles. The number of rotatable bonds is 10. The molecule has 0 saturated carbocycles. The van der Waals surface area contributed by atoms with Crippen LogP contribution in [0.5, 0.6) is 5.75 Å². The van der Waals surface area contributed by atoms with E-state index in [1.54, 1.807) is 42.6 Å². The van der Waals surface area contributed by atoms with E-state index in [9.17, 15) is 13.2 Å². The van der Waals surface area contributed by atoms with Crippen molar-refractivity contribution in [2.24, 2.45) is 5.10 Å². The molecule has 0 unspecified atom stereocenters. The molecule has 0 spiro atoms. The van der Waals surface area contributed by atoms with Gasteiger partial charge in [-0.3, -0.25) is 9.10 Å². The molecule has 1 aromatic heterocycles. The molecule has 0 aliphatic heterocycles. The van der Waals surface area contributed by atoms with Crippen LogP contribution in [-0.2, 0) is 14.8 Å². The molecular formula is C32H36N4O4S. The second-order valence-electron chi connectivity index (χ2n) is 10.1. The zero-order valence-corrected chi connectivity index (χ0v) is 25.1. The third-order valence-corrected chi connectivity index (χ3v) is 8.45. The van der Waals surface area contributed by atoms with Crippen molar-refractivity contribution in [1.82, 2.24) is 9.99 Å². The van der Waals surface area contributed by atoms with Gasteiger partial charge >= 0.3 is 0 Å². The molecule has 4 rings (SSSR count). The Hall–Kier alpha value is -4.37. The Bertz CT molecular complexity index is 1650. The summed E-state index contributed by atoms with van der Waals surface area (Å²) in [5.74, 6) is 0.0327. The van der Waals surface area contributed by atoms with Gasteiger partial charge in [0.1, 0.15) is 12.3 Å². The Kier molecular flexibility index (Phi) is 8.98. The summed E-state index contributed by atoms with van der Waals surface area (Å²) in [6, 6.07) is 21.5. The van der Waals surface area contributed by atoms with Crippen molar-refractivity contribution in [3.8, 4) is 11.4 Å². The molecule has 1 N–H and O–H groups in total. The lowest BCUT2D eigenvalue weighted by Gasteiger charge is -2.24. The van der Waals surface area contributed by atoms with Crippen LogP contribution in [0.1, 0.15) is 40.6 Å². The van der Waals surface area contributed by atoms with Crippen molar-refractivity contribution in [2.45, 2.75) is 46.4 Å². The van der Waals surface area contributed by atoms with Crippen LogP contribution in [-0.4, -0.2) is 38.3 Å². The van der Waals surface area contributed by atoms with E-state index in [2.05, 4.69) is 47.1 Å². The highest BCUT2D eigenvalue weighted by Crippen LogP contribution is 2.26. The van der Waals surface area contributed by atoms with Gasteiger partial charge < -0.3 is 9.30 Å². The van der Waals surface area contributed by atoms with Crippen molar-refractivity contribution in [2.75, 3.05) is 17.5 Å². The van der Waals surface area contributed by atoms with E-state index in [1.165, 1.54) is 23.3 Å². The minimum Gasteiger partial charge on any atom is -0.494 e. The first-order chi connectivity index (χ1) is 19.5. The smallest absolute Gasteiger partial charge is 0.264 e. The SMILES string of the molecule is CCOc1ccc(N(CC(=O)N/N=C/c2cc(C)n(-c3cc(C)cc(C)c3)c2C)S(=O)(=O)c2ccc(C)cc2)cc1. The highest BCUT2D eigenvalue weighted by molar-refractivity contribution is 7.92. The summed E-state index contributed by atoms with van der Waals surface area (Å²) in [4.78, 5) is 13.1. The van der Waals surface area contributed by atoms with Gasteiger partial charge in [-0.2, -0.15) is 5.10 Å². The minimum absolute atomic E-state index is 0.0899. The second kappa shape index (κ2) is 12.4. The number of aryl methyl sites for hydroxylation is 4. The first-order valence-corrected chi connectivity index (χ1v) is 14.9. The van der Waals surface area contributed by atoms with Crippen LogP contribution in [0.15, 0.2) is 82.8 Å². The number of carbonyl (C=O) groups is 1. The summed E-state index contributed by atoms with van der Waals surface area (Å²) in [7, 11) is -4.04. The molecule has 0 aliphatic rings. The lowest BCUT2D eigenvalue weighted by molar-refractivity contribution is -0.119. The van der Waals surface area contributed by atoms with E-state index < -0.39 is 22.5 Å². The van der Waals surface area contributed by atoms with E-state index in [4.69, 9.17) is 4.74 Å². The topological polar surface area (TPSA) is 93.0 Å². The number of nitrogens with zero attached hydrogens (tertiary/aromatic N) is 3. The maximum Gasteiger partial charge on any atom is 0.264 e. The number of benzene rings is 3. The summed E-state index contributed by atoms with van der Waals surface area (Å²) in [5, 5.41) is 4.16. The van der Waals surface area contributed by atoms with E-state index in [1.807, 2.05) is 33.8 Å². The predicted octanol–water partition coefficient (Wildman–Crippen LogP) is 5.76. The fourth-order valence-electron chi connectivity index (χ4n) is 4.76. The van der Waals surface area contributed by atoms with Crippen molar-refractivity contribution in [3.05, 3.63) is 106 Å². The average Bonchev–Trinajstić information content (AvgIpc) is 3.20. The number of nitrogens with one attached hydrogen (secondary N) is 1. The van der Waals surface area contributed by atoms with Gasteiger partial charge in [0.05, 0.1) is 23.4 Å². The number of amides is 1. The van der Waals surface area contributed by atoms with Gasteiger partial charge in [0.25, 0.3) is 15.9 Å². The first-order valence-electron chi connectivity index (χ1n) is 13.4. The van der Waals surface area contributed by atoms with Gasteiger partial charge in [-0.1, -0.05) is 23.8 Å². The molecule has 41 heavy (non-hydrogen) atoms. The van der Waals surface area contributed by atoms with Crippen LogP contribution in [0.25, 0.3) is 5.69 Å². The van der Waals surface area contributed by atoms with Crippen LogP contribution >= 0.6 is 0 Å². The van der Waals surface area contributed by atoms with Crippen molar-refractivity contribution < 1.29 is 17.9 Å². The summed E-state index contributed by atoms with van der Waals surface area (Å²) >= 11 is 0. The molecule has 0 bridgehead atoms. The third kappa shape index (κ3) is 6.86. The molecule has 214 valence electrons. The lowest BCUT2D eigenvalue weighted by atomic mass is 10.1. The quantitative estimate of drug-likeness (QED) is 0.193. The number of carbonyl (C=O) groups excluding carboxylic acids is 1. The van der Waals surface area contributed by atoms with Gasteiger partial charge in [0, 0.05) is 22.6 Å². The molecule has 0 fully saturated rings. The third-order valence-electron chi connectivity index (χ3n) is 6.66. The summed E-state index contributed by atoms with van der Waals surface area (Å²) in [6.45, 7) is 11.9. The fraction of sp³-hybridized carbons (Fsp3) is 0.250. The van der Waals surface area contributed by atoms with Crippen LogP contribution in [0, 0.1) is 34.6 Å². The second-order valence-corrected chi connectivity index (χ2v) is 11.9. The molecule has 8 nitrogen and oxygen atoms in total. The van der Waals surface area contributed by atoms with Gasteiger partial charge in [-0.25, -0.2) is 13.8 Å². The Balaban J connectivity index is 1.56. The normalized spacial score (nSPS) is 11.6. The summed E-state index contributed by atoms with van der Waals surface area (Å²) in [5.41, 5.74) is 10.0. The maximum atomic E-state index is 13.6. The largest absolute Gasteiger partial charge is 0.494 e. The molecule has 4 aromatic rings. The number of anilines is 1. The van der Waals surface area contributed by atoms with E-state index in [-0.39, 0.29) is 4.90 Å². The number of hydrazone groups is 1. The molecule has 3 aromatic carbocycles. The molecule has 0 atom stereocenters. The fourth-order valence-corrected chi connectivity index (χ4v) is 6.18. The van der Waals surface area contributed by atoms with E-state index in [0.717, 1.165) is 32.5 Å². The molecule has 0 radical (unpaired) electrons. The van der Waals surface area contributed by atoms with E-state index in [0.29, 0.717) is 18.0 Å². The number of sulfonamides is 1. The predicted molar refractivity (Wildman–Crippen MR) is 164 cm³/mol. The minimum atomic E-state index is -4.04. The van der Waals surface area contributed by atoms with Gasteiger partial charge in [0.2, 0.25) is 0 Å². The van der Waals surface area contributed by atoms with E-state index >= 15 is 0 Å². The van der Waals surface area contributed by atoms with Gasteiger partial charge in [-0.05, 0) is 107 Å².